The molecule has 0 bridgehead atoms. The minimum atomic E-state index is -0.134. The standard InChI is InChI=1S/C16H17NO4/c1-20-14-5-4-11(7-10(14)9-18)17-16(19)13-8-12(13)15-3-2-6-21-15/h2-7,12-13,18H,8-9H2,1H3,(H,17,19). The molecule has 1 aromatic carbocycles. The van der Waals surface area contributed by atoms with Crippen LogP contribution in [0.2, 0.25) is 0 Å². The van der Waals surface area contributed by atoms with Gasteiger partial charge < -0.3 is 19.6 Å². The zero-order chi connectivity index (χ0) is 14.8. The van der Waals surface area contributed by atoms with E-state index in [9.17, 15) is 9.90 Å². The van der Waals surface area contributed by atoms with Crippen molar-refractivity contribution in [2.24, 2.45) is 5.92 Å². The van der Waals surface area contributed by atoms with E-state index in [0.717, 1.165) is 12.2 Å². The maximum absolute atomic E-state index is 12.2. The smallest absolute Gasteiger partial charge is 0.228 e. The van der Waals surface area contributed by atoms with Gasteiger partial charge in [-0.2, -0.15) is 0 Å². The molecule has 21 heavy (non-hydrogen) atoms. The summed E-state index contributed by atoms with van der Waals surface area (Å²) in [6.45, 7) is -0.134. The maximum atomic E-state index is 12.2. The Bertz CT molecular complexity index is 636. The molecule has 2 unspecified atom stereocenters. The second-order valence-electron chi connectivity index (χ2n) is 5.14. The van der Waals surface area contributed by atoms with Gasteiger partial charge in [0.05, 0.1) is 20.0 Å². The number of benzene rings is 1. The van der Waals surface area contributed by atoms with E-state index in [4.69, 9.17) is 9.15 Å². The minimum absolute atomic E-state index is 0.0227. The Hall–Kier alpha value is -2.27. The van der Waals surface area contributed by atoms with Gasteiger partial charge in [0.25, 0.3) is 0 Å². The Balaban J connectivity index is 1.66. The first-order valence-electron chi connectivity index (χ1n) is 6.85. The van der Waals surface area contributed by atoms with Gasteiger partial charge >= 0.3 is 0 Å². The van der Waals surface area contributed by atoms with Gasteiger partial charge in [-0.15, -0.1) is 0 Å². The van der Waals surface area contributed by atoms with Crippen molar-refractivity contribution in [1.82, 2.24) is 0 Å². The lowest BCUT2D eigenvalue weighted by Crippen LogP contribution is -2.14. The van der Waals surface area contributed by atoms with Gasteiger partial charge in [-0.3, -0.25) is 4.79 Å². The van der Waals surface area contributed by atoms with E-state index in [1.807, 2.05) is 12.1 Å². The van der Waals surface area contributed by atoms with Gasteiger partial charge in [0.1, 0.15) is 11.5 Å². The van der Waals surface area contributed by atoms with E-state index in [-0.39, 0.29) is 24.3 Å². The van der Waals surface area contributed by atoms with E-state index in [1.54, 1.807) is 31.6 Å². The SMILES string of the molecule is COc1ccc(NC(=O)C2CC2c2ccco2)cc1CO. The van der Waals surface area contributed by atoms with Crippen molar-refractivity contribution in [2.75, 3.05) is 12.4 Å². The molecule has 110 valence electrons. The first kappa shape index (κ1) is 13.7. The van der Waals surface area contributed by atoms with Crippen LogP contribution >= 0.6 is 0 Å². The maximum Gasteiger partial charge on any atom is 0.228 e. The predicted octanol–water partition coefficient (Wildman–Crippen LogP) is 2.52. The van der Waals surface area contributed by atoms with Crippen LogP contribution in [0.3, 0.4) is 0 Å². The highest BCUT2D eigenvalue weighted by molar-refractivity contribution is 5.95. The summed E-state index contributed by atoms with van der Waals surface area (Å²) in [7, 11) is 1.55. The number of carbonyl (C=O) groups excluding carboxylic acids is 1. The molecule has 0 saturated heterocycles. The van der Waals surface area contributed by atoms with Crippen molar-refractivity contribution >= 4 is 11.6 Å². The lowest BCUT2D eigenvalue weighted by molar-refractivity contribution is -0.117. The van der Waals surface area contributed by atoms with E-state index >= 15 is 0 Å². The van der Waals surface area contributed by atoms with Crippen LogP contribution in [-0.2, 0) is 11.4 Å². The average molecular weight is 287 g/mol. The van der Waals surface area contributed by atoms with Crippen molar-refractivity contribution in [1.29, 1.82) is 0 Å². The third-order valence-electron chi connectivity index (χ3n) is 3.75. The molecule has 1 aliphatic carbocycles. The molecule has 1 fully saturated rings. The van der Waals surface area contributed by atoms with Gasteiger partial charge in [0, 0.05) is 23.1 Å². The summed E-state index contributed by atoms with van der Waals surface area (Å²) in [6.07, 6.45) is 2.43. The number of aliphatic hydroxyl groups is 1. The number of aliphatic hydroxyl groups excluding tert-OH is 1. The molecule has 1 saturated carbocycles. The monoisotopic (exact) mass is 287 g/mol. The Morgan fingerprint density at radius 3 is 3.00 bits per heavy atom. The number of furan rings is 1. The van der Waals surface area contributed by atoms with Crippen LogP contribution in [0.1, 0.15) is 23.7 Å². The minimum Gasteiger partial charge on any atom is -0.496 e. The molecule has 0 spiro atoms. The number of rotatable bonds is 5. The van der Waals surface area contributed by atoms with Crippen molar-refractivity contribution in [2.45, 2.75) is 18.9 Å². The summed E-state index contributed by atoms with van der Waals surface area (Å²) < 4.78 is 10.5. The number of hydrogen-bond acceptors (Lipinski definition) is 4. The Kier molecular flexibility index (Phi) is 3.66. The first-order chi connectivity index (χ1) is 10.2. The lowest BCUT2D eigenvalue weighted by Gasteiger charge is -2.10. The molecule has 0 radical (unpaired) electrons. The van der Waals surface area contributed by atoms with Gasteiger partial charge in [-0.25, -0.2) is 0 Å². The fourth-order valence-electron chi connectivity index (χ4n) is 2.52. The highest BCUT2D eigenvalue weighted by atomic mass is 16.5. The Morgan fingerprint density at radius 1 is 1.48 bits per heavy atom. The van der Waals surface area contributed by atoms with Crippen LogP contribution in [0.4, 0.5) is 5.69 Å². The molecule has 2 atom stereocenters. The Labute approximate surface area is 122 Å². The van der Waals surface area contributed by atoms with Gasteiger partial charge in [0.2, 0.25) is 5.91 Å². The second kappa shape index (κ2) is 5.61. The number of amides is 1. The van der Waals surface area contributed by atoms with Crippen molar-refractivity contribution in [3.63, 3.8) is 0 Å². The van der Waals surface area contributed by atoms with E-state index in [2.05, 4.69) is 5.32 Å². The molecule has 3 rings (SSSR count). The molecule has 0 aliphatic heterocycles. The molecule has 2 aromatic rings. The summed E-state index contributed by atoms with van der Waals surface area (Å²) in [5.41, 5.74) is 1.31. The van der Waals surface area contributed by atoms with Gasteiger partial charge in [0.15, 0.2) is 0 Å². The zero-order valence-electron chi connectivity index (χ0n) is 11.7. The number of carbonyl (C=O) groups is 1. The summed E-state index contributed by atoms with van der Waals surface area (Å²) in [5.74, 6) is 1.58. The number of anilines is 1. The molecule has 5 heteroatoms. The summed E-state index contributed by atoms with van der Waals surface area (Å²) in [6, 6.07) is 8.95. The van der Waals surface area contributed by atoms with Crippen molar-refractivity contribution < 1.29 is 19.1 Å². The topological polar surface area (TPSA) is 71.7 Å². The third-order valence-corrected chi connectivity index (χ3v) is 3.75. The largest absolute Gasteiger partial charge is 0.496 e. The molecule has 5 nitrogen and oxygen atoms in total. The molecule has 1 heterocycles. The average Bonchev–Trinajstić information content (AvgIpc) is 3.13. The predicted molar refractivity (Wildman–Crippen MR) is 77.1 cm³/mol. The van der Waals surface area contributed by atoms with Crippen LogP contribution in [0.25, 0.3) is 0 Å². The van der Waals surface area contributed by atoms with Crippen LogP contribution in [0, 0.1) is 5.92 Å². The Morgan fingerprint density at radius 2 is 2.33 bits per heavy atom. The molecule has 1 aliphatic rings. The van der Waals surface area contributed by atoms with Crippen LogP contribution in [0.15, 0.2) is 41.0 Å². The third kappa shape index (κ3) is 2.78. The molecular weight excluding hydrogens is 270 g/mol. The second-order valence-corrected chi connectivity index (χ2v) is 5.14. The van der Waals surface area contributed by atoms with E-state index in [0.29, 0.717) is 17.0 Å². The van der Waals surface area contributed by atoms with Gasteiger partial charge in [-0.1, -0.05) is 0 Å². The summed E-state index contributed by atoms with van der Waals surface area (Å²) >= 11 is 0. The fraction of sp³-hybridized carbons (Fsp3) is 0.312. The number of methoxy groups -OCH3 is 1. The lowest BCUT2D eigenvalue weighted by atomic mass is 10.1. The fourth-order valence-corrected chi connectivity index (χ4v) is 2.52. The summed E-state index contributed by atoms with van der Waals surface area (Å²) in [4.78, 5) is 12.2. The van der Waals surface area contributed by atoms with E-state index < -0.39 is 0 Å². The first-order valence-corrected chi connectivity index (χ1v) is 6.85. The number of hydrogen-bond donors (Lipinski definition) is 2. The molecule has 1 amide bonds. The van der Waals surface area contributed by atoms with Crippen LogP contribution in [-0.4, -0.2) is 18.1 Å². The molecule has 2 N–H and O–H groups in total. The highest BCUT2D eigenvalue weighted by Gasteiger charge is 2.45. The van der Waals surface area contributed by atoms with Crippen molar-refractivity contribution in [3.05, 3.63) is 47.9 Å². The van der Waals surface area contributed by atoms with Crippen molar-refractivity contribution in [3.8, 4) is 5.75 Å². The summed E-state index contributed by atoms with van der Waals surface area (Å²) in [5, 5.41) is 12.2. The zero-order valence-corrected chi connectivity index (χ0v) is 11.7. The van der Waals surface area contributed by atoms with Crippen LogP contribution in [0.5, 0.6) is 5.75 Å². The number of ether oxygens (including phenoxy) is 1. The van der Waals surface area contributed by atoms with E-state index in [1.165, 1.54) is 0 Å². The molecule has 1 aromatic heterocycles. The van der Waals surface area contributed by atoms with Gasteiger partial charge in [-0.05, 0) is 36.8 Å². The van der Waals surface area contributed by atoms with Crippen LogP contribution < -0.4 is 10.1 Å². The quantitative estimate of drug-likeness (QED) is 0.886. The number of nitrogens with one attached hydrogen (secondary N) is 1. The normalized spacial score (nSPS) is 20.1. The molecular formula is C16H17NO4. The highest BCUT2D eigenvalue weighted by Crippen LogP contribution is 2.48.